The SMILES string of the molecule is Cc1cc(/C=N\NC(=O)CN(c2ccc(I)cc2)S(C)(=O)=O)c(C)n1-c1ccc(Cl)c(Cl)c1. The standard InChI is InChI=1S/C22H21Cl2IN4O3S/c1-14-10-16(15(2)29(14)19-8-9-20(23)21(24)11-19)12-26-27-22(30)13-28(33(3,31)32)18-6-4-17(25)5-7-18/h4-12H,13H2,1-3H3,(H,27,30)/b26-12-. The Morgan fingerprint density at radius 1 is 1.12 bits per heavy atom. The molecule has 7 nitrogen and oxygen atoms in total. The van der Waals surface area contributed by atoms with E-state index in [1.165, 1.54) is 6.21 Å². The minimum atomic E-state index is -3.65. The van der Waals surface area contributed by atoms with Gasteiger partial charge in [-0.25, -0.2) is 13.8 Å². The summed E-state index contributed by atoms with van der Waals surface area (Å²) in [5.74, 6) is -0.562. The van der Waals surface area contributed by atoms with E-state index in [0.29, 0.717) is 15.7 Å². The minimum absolute atomic E-state index is 0.390. The summed E-state index contributed by atoms with van der Waals surface area (Å²) in [6, 6.07) is 14.1. The number of nitrogens with one attached hydrogen (secondary N) is 1. The number of aryl methyl sites for hydroxylation is 1. The van der Waals surface area contributed by atoms with Crippen LogP contribution >= 0.6 is 45.8 Å². The van der Waals surface area contributed by atoms with Gasteiger partial charge in [0.15, 0.2) is 0 Å². The topological polar surface area (TPSA) is 83.8 Å². The van der Waals surface area contributed by atoms with Crippen LogP contribution in [0.5, 0.6) is 0 Å². The lowest BCUT2D eigenvalue weighted by Gasteiger charge is -2.21. The van der Waals surface area contributed by atoms with Crippen LogP contribution in [0.4, 0.5) is 5.69 Å². The number of rotatable bonds is 7. The first-order valence-corrected chi connectivity index (χ1v) is 13.3. The highest BCUT2D eigenvalue weighted by Gasteiger charge is 2.20. The first-order valence-electron chi connectivity index (χ1n) is 9.67. The van der Waals surface area contributed by atoms with E-state index in [0.717, 1.165) is 36.8 Å². The Kier molecular flexibility index (Phi) is 8.09. The van der Waals surface area contributed by atoms with E-state index in [2.05, 4.69) is 33.1 Å². The fourth-order valence-corrected chi connectivity index (χ4v) is 4.80. The molecule has 1 heterocycles. The van der Waals surface area contributed by atoms with Gasteiger partial charge in [-0.3, -0.25) is 9.10 Å². The van der Waals surface area contributed by atoms with Gasteiger partial charge in [0.25, 0.3) is 5.91 Å². The molecule has 1 amide bonds. The number of carbonyl (C=O) groups is 1. The lowest BCUT2D eigenvalue weighted by atomic mass is 10.2. The maximum Gasteiger partial charge on any atom is 0.260 e. The first kappa shape index (κ1) is 25.5. The number of amides is 1. The van der Waals surface area contributed by atoms with Crippen molar-refractivity contribution in [2.75, 3.05) is 17.1 Å². The summed E-state index contributed by atoms with van der Waals surface area (Å²) < 4.78 is 28.4. The van der Waals surface area contributed by atoms with E-state index in [9.17, 15) is 13.2 Å². The number of anilines is 1. The Morgan fingerprint density at radius 2 is 1.79 bits per heavy atom. The monoisotopic (exact) mass is 618 g/mol. The third-order valence-corrected chi connectivity index (χ3v) is 7.43. The number of hydrogen-bond acceptors (Lipinski definition) is 4. The van der Waals surface area contributed by atoms with Gasteiger partial charge in [-0.15, -0.1) is 0 Å². The number of sulfonamides is 1. The van der Waals surface area contributed by atoms with E-state index in [4.69, 9.17) is 23.2 Å². The molecule has 1 N–H and O–H groups in total. The van der Waals surface area contributed by atoms with E-state index < -0.39 is 15.9 Å². The van der Waals surface area contributed by atoms with Crippen molar-refractivity contribution in [1.29, 1.82) is 0 Å². The molecule has 0 atom stereocenters. The van der Waals surface area contributed by atoms with Gasteiger partial charge in [0, 0.05) is 26.2 Å². The van der Waals surface area contributed by atoms with Crippen molar-refractivity contribution in [1.82, 2.24) is 9.99 Å². The third kappa shape index (κ3) is 6.28. The molecule has 174 valence electrons. The Hall–Kier alpha value is -2.08. The third-order valence-electron chi connectivity index (χ3n) is 4.83. The lowest BCUT2D eigenvalue weighted by Crippen LogP contribution is -2.39. The average molecular weight is 619 g/mol. The van der Waals surface area contributed by atoms with Crippen molar-refractivity contribution in [3.8, 4) is 5.69 Å². The summed E-state index contributed by atoms with van der Waals surface area (Å²) in [7, 11) is -3.65. The van der Waals surface area contributed by atoms with E-state index in [-0.39, 0.29) is 6.54 Å². The van der Waals surface area contributed by atoms with Gasteiger partial charge in [0.1, 0.15) is 6.54 Å². The minimum Gasteiger partial charge on any atom is -0.318 e. The highest BCUT2D eigenvalue weighted by Crippen LogP contribution is 2.27. The van der Waals surface area contributed by atoms with E-state index >= 15 is 0 Å². The van der Waals surface area contributed by atoms with Gasteiger partial charge in [0.2, 0.25) is 10.0 Å². The van der Waals surface area contributed by atoms with Crippen LogP contribution in [0, 0.1) is 17.4 Å². The Labute approximate surface area is 216 Å². The molecular formula is C22H21Cl2IN4O3S. The Morgan fingerprint density at radius 3 is 2.39 bits per heavy atom. The molecule has 0 fully saturated rings. The van der Waals surface area contributed by atoms with Crippen molar-refractivity contribution in [3.63, 3.8) is 0 Å². The zero-order chi connectivity index (χ0) is 24.3. The summed E-state index contributed by atoms with van der Waals surface area (Å²) in [6.07, 6.45) is 2.57. The van der Waals surface area contributed by atoms with Crippen molar-refractivity contribution < 1.29 is 13.2 Å². The summed E-state index contributed by atoms with van der Waals surface area (Å²) in [4.78, 5) is 12.4. The number of aromatic nitrogens is 1. The molecule has 0 radical (unpaired) electrons. The molecule has 0 aliphatic heterocycles. The molecule has 1 aromatic heterocycles. The van der Waals surface area contributed by atoms with Crippen LogP contribution in [-0.4, -0.2) is 37.9 Å². The Balaban J connectivity index is 1.75. The normalized spacial score (nSPS) is 11.7. The molecular weight excluding hydrogens is 598 g/mol. The molecule has 3 aromatic rings. The summed E-state index contributed by atoms with van der Waals surface area (Å²) in [5.41, 5.74) is 6.28. The zero-order valence-corrected chi connectivity index (χ0v) is 22.5. The summed E-state index contributed by atoms with van der Waals surface area (Å²) in [5, 5.41) is 4.94. The average Bonchev–Trinajstić information content (AvgIpc) is 3.01. The zero-order valence-electron chi connectivity index (χ0n) is 18.0. The highest BCUT2D eigenvalue weighted by molar-refractivity contribution is 14.1. The van der Waals surface area contributed by atoms with Crippen molar-refractivity contribution in [3.05, 3.63) is 79.1 Å². The number of nitrogens with zero attached hydrogens (tertiary/aromatic N) is 3. The Bertz CT molecular complexity index is 1320. The van der Waals surface area contributed by atoms with Gasteiger partial charge in [-0.2, -0.15) is 5.10 Å². The van der Waals surface area contributed by atoms with Gasteiger partial charge < -0.3 is 4.57 Å². The van der Waals surface area contributed by atoms with Gasteiger partial charge >= 0.3 is 0 Å². The molecule has 0 unspecified atom stereocenters. The first-order chi connectivity index (χ1) is 15.5. The highest BCUT2D eigenvalue weighted by atomic mass is 127. The molecule has 0 aliphatic carbocycles. The fourth-order valence-electron chi connectivity index (χ4n) is 3.29. The van der Waals surface area contributed by atoms with Crippen LogP contribution in [0.15, 0.2) is 53.6 Å². The molecule has 0 saturated heterocycles. The second kappa shape index (κ2) is 10.5. The number of hydrogen-bond donors (Lipinski definition) is 1. The second-order valence-corrected chi connectivity index (χ2v) is 11.3. The van der Waals surface area contributed by atoms with Gasteiger partial charge in [0.05, 0.1) is 28.2 Å². The predicted molar refractivity (Wildman–Crippen MR) is 142 cm³/mol. The second-order valence-electron chi connectivity index (χ2n) is 7.30. The smallest absolute Gasteiger partial charge is 0.260 e. The van der Waals surface area contributed by atoms with Crippen LogP contribution in [0.25, 0.3) is 5.69 Å². The number of hydrazone groups is 1. The van der Waals surface area contributed by atoms with Crippen LogP contribution in [0.1, 0.15) is 17.0 Å². The van der Waals surface area contributed by atoms with Crippen molar-refractivity contribution in [2.24, 2.45) is 5.10 Å². The fraction of sp³-hybridized carbons (Fsp3) is 0.182. The van der Waals surface area contributed by atoms with E-state index in [1.54, 1.807) is 36.4 Å². The van der Waals surface area contributed by atoms with Crippen molar-refractivity contribution in [2.45, 2.75) is 13.8 Å². The van der Waals surface area contributed by atoms with Crippen LogP contribution in [-0.2, 0) is 14.8 Å². The van der Waals surface area contributed by atoms with E-state index in [1.807, 2.05) is 30.5 Å². The summed E-state index contributed by atoms with van der Waals surface area (Å²) >= 11 is 14.3. The largest absolute Gasteiger partial charge is 0.318 e. The lowest BCUT2D eigenvalue weighted by molar-refractivity contribution is -0.119. The van der Waals surface area contributed by atoms with Crippen LogP contribution < -0.4 is 9.73 Å². The quantitative estimate of drug-likeness (QED) is 0.232. The molecule has 0 aliphatic rings. The van der Waals surface area contributed by atoms with Crippen molar-refractivity contribution >= 4 is 73.6 Å². The molecule has 0 spiro atoms. The molecule has 33 heavy (non-hydrogen) atoms. The maximum atomic E-state index is 12.4. The van der Waals surface area contributed by atoms with Gasteiger partial charge in [-0.05, 0) is 85.0 Å². The molecule has 0 saturated carbocycles. The molecule has 0 bridgehead atoms. The molecule has 2 aromatic carbocycles. The van der Waals surface area contributed by atoms with Crippen LogP contribution in [0.3, 0.4) is 0 Å². The number of carbonyl (C=O) groups excluding carboxylic acids is 1. The number of benzene rings is 2. The molecule has 3 rings (SSSR count). The maximum absolute atomic E-state index is 12.4. The molecule has 11 heteroatoms. The predicted octanol–water partition coefficient (Wildman–Crippen LogP) is 4.92. The summed E-state index contributed by atoms with van der Waals surface area (Å²) in [6.45, 7) is 3.47. The van der Waals surface area contributed by atoms with Crippen LogP contribution in [0.2, 0.25) is 10.0 Å². The van der Waals surface area contributed by atoms with Gasteiger partial charge in [-0.1, -0.05) is 23.2 Å². The number of halogens is 3.